The van der Waals surface area contributed by atoms with Crippen molar-refractivity contribution >= 4 is 11.6 Å². The van der Waals surface area contributed by atoms with Crippen LogP contribution in [0.15, 0.2) is 42.5 Å². The number of benzene rings is 2. The molecule has 1 unspecified atom stereocenters. The maximum atomic E-state index is 12.4. The Kier molecular flexibility index (Phi) is 4.49. The molecule has 0 aromatic heterocycles. The van der Waals surface area contributed by atoms with E-state index in [1.54, 1.807) is 0 Å². The van der Waals surface area contributed by atoms with Crippen LogP contribution >= 0.6 is 0 Å². The number of carbonyl (C=O) groups excluding carboxylic acids is 1. The molecule has 120 valence electrons. The maximum Gasteiger partial charge on any atom is 0.238 e. The van der Waals surface area contributed by atoms with Crippen molar-refractivity contribution in [3.8, 4) is 0 Å². The van der Waals surface area contributed by atoms with Gasteiger partial charge in [-0.05, 0) is 55.5 Å². The molecule has 3 rings (SSSR count). The highest BCUT2D eigenvalue weighted by atomic mass is 16.2. The Bertz CT molecular complexity index is 723. The van der Waals surface area contributed by atoms with Gasteiger partial charge in [0.05, 0.1) is 6.54 Å². The predicted molar refractivity (Wildman–Crippen MR) is 94.7 cm³/mol. The fraction of sp³-hybridized carbons (Fsp3) is 0.350. The summed E-state index contributed by atoms with van der Waals surface area (Å²) in [6, 6.07) is 15.0. The van der Waals surface area contributed by atoms with Crippen LogP contribution in [-0.2, 0) is 11.2 Å². The number of hydrogen-bond donors (Lipinski definition) is 1. The molecular weight excluding hydrogens is 284 g/mol. The molecule has 1 aliphatic heterocycles. The topological polar surface area (TPSA) is 32.3 Å². The molecule has 3 heteroatoms. The molecule has 0 spiro atoms. The summed E-state index contributed by atoms with van der Waals surface area (Å²) in [6.45, 7) is 7.61. The van der Waals surface area contributed by atoms with Crippen LogP contribution in [0.5, 0.6) is 0 Å². The molecule has 2 aromatic carbocycles. The lowest BCUT2D eigenvalue weighted by Crippen LogP contribution is -2.39. The molecule has 1 amide bonds. The summed E-state index contributed by atoms with van der Waals surface area (Å²) in [7, 11) is 0. The zero-order chi connectivity index (χ0) is 16.4. The normalized spacial score (nSPS) is 17.6. The van der Waals surface area contributed by atoms with Crippen LogP contribution in [0.2, 0.25) is 0 Å². The minimum absolute atomic E-state index is 0.0601. The number of hydrogen-bond acceptors (Lipinski definition) is 2. The van der Waals surface area contributed by atoms with Gasteiger partial charge in [-0.1, -0.05) is 36.4 Å². The monoisotopic (exact) mass is 308 g/mol. The van der Waals surface area contributed by atoms with Crippen molar-refractivity contribution in [2.45, 2.75) is 33.2 Å². The third-order valence-electron chi connectivity index (χ3n) is 4.74. The van der Waals surface area contributed by atoms with Crippen molar-refractivity contribution in [2.75, 3.05) is 18.4 Å². The van der Waals surface area contributed by atoms with Gasteiger partial charge in [0.2, 0.25) is 5.91 Å². The molecule has 23 heavy (non-hydrogen) atoms. The summed E-state index contributed by atoms with van der Waals surface area (Å²) in [5, 5.41) is 3.06. The lowest BCUT2D eigenvalue weighted by molar-refractivity contribution is -0.117. The van der Waals surface area contributed by atoms with Gasteiger partial charge in [0.25, 0.3) is 0 Å². The minimum Gasteiger partial charge on any atom is -0.325 e. The summed E-state index contributed by atoms with van der Waals surface area (Å²) < 4.78 is 0. The fourth-order valence-corrected chi connectivity index (χ4v) is 3.28. The van der Waals surface area contributed by atoms with E-state index in [2.05, 4.69) is 47.5 Å². The van der Waals surface area contributed by atoms with E-state index in [1.807, 2.05) is 26.0 Å². The number of nitrogens with zero attached hydrogens (tertiary/aromatic N) is 1. The first-order chi connectivity index (χ1) is 11.0. The average Bonchev–Trinajstić information content (AvgIpc) is 2.54. The number of carbonyl (C=O) groups is 1. The highest BCUT2D eigenvalue weighted by Crippen LogP contribution is 2.28. The van der Waals surface area contributed by atoms with E-state index >= 15 is 0 Å². The molecule has 0 bridgehead atoms. The van der Waals surface area contributed by atoms with Crippen LogP contribution < -0.4 is 5.32 Å². The molecule has 0 radical (unpaired) electrons. The fourth-order valence-electron chi connectivity index (χ4n) is 3.28. The Labute approximate surface area is 138 Å². The van der Waals surface area contributed by atoms with Crippen molar-refractivity contribution in [2.24, 2.45) is 0 Å². The van der Waals surface area contributed by atoms with Gasteiger partial charge >= 0.3 is 0 Å². The molecule has 0 aliphatic carbocycles. The van der Waals surface area contributed by atoms with E-state index in [1.165, 1.54) is 11.1 Å². The Hall–Kier alpha value is -2.13. The molecule has 0 saturated carbocycles. The Morgan fingerprint density at radius 3 is 2.83 bits per heavy atom. The number of fused-ring (bicyclic) bond motifs is 1. The van der Waals surface area contributed by atoms with Crippen molar-refractivity contribution < 1.29 is 4.79 Å². The molecule has 0 saturated heterocycles. The number of amides is 1. The predicted octanol–water partition coefficient (Wildman–Crippen LogP) is 3.86. The maximum absolute atomic E-state index is 12.4. The second-order valence-corrected chi connectivity index (χ2v) is 6.46. The van der Waals surface area contributed by atoms with Gasteiger partial charge in [-0.15, -0.1) is 0 Å². The van der Waals surface area contributed by atoms with E-state index in [9.17, 15) is 4.79 Å². The molecule has 0 fully saturated rings. The third kappa shape index (κ3) is 3.45. The zero-order valence-electron chi connectivity index (χ0n) is 14.1. The Morgan fingerprint density at radius 1 is 1.22 bits per heavy atom. The van der Waals surface area contributed by atoms with E-state index in [0.717, 1.165) is 29.8 Å². The second kappa shape index (κ2) is 6.55. The van der Waals surface area contributed by atoms with Crippen molar-refractivity contribution in [1.29, 1.82) is 0 Å². The van der Waals surface area contributed by atoms with Gasteiger partial charge in [0, 0.05) is 18.3 Å². The van der Waals surface area contributed by atoms with Crippen LogP contribution in [0, 0.1) is 13.8 Å². The van der Waals surface area contributed by atoms with E-state index < -0.39 is 0 Å². The minimum atomic E-state index is 0.0601. The van der Waals surface area contributed by atoms with Crippen molar-refractivity contribution in [3.05, 3.63) is 64.7 Å². The first kappa shape index (κ1) is 15.8. The lowest BCUT2D eigenvalue weighted by atomic mass is 9.94. The smallest absolute Gasteiger partial charge is 0.238 e. The molecular formula is C20H24N2O. The molecule has 2 aromatic rings. The van der Waals surface area contributed by atoms with Gasteiger partial charge in [-0.2, -0.15) is 0 Å². The SMILES string of the molecule is Cc1ccc(C)c(NC(=O)CN2CCc3ccccc3C2C)c1. The van der Waals surface area contributed by atoms with Crippen LogP contribution in [0.1, 0.15) is 35.2 Å². The number of nitrogens with one attached hydrogen (secondary N) is 1. The summed E-state index contributed by atoms with van der Waals surface area (Å²) in [4.78, 5) is 14.7. The number of aryl methyl sites for hydroxylation is 2. The standard InChI is InChI=1S/C20H24N2O/c1-14-8-9-15(2)19(12-14)21-20(23)13-22-11-10-17-6-4-5-7-18(17)16(22)3/h4-9,12,16H,10-11,13H2,1-3H3,(H,21,23). The van der Waals surface area contributed by atoms with Gasteiger partial charge in [-0.3, -0.25) is 9.69 Å². The van der Waals surface area contributed by atoms with Crippen molar-refractivity contribution in [1.82, 2.24) is 4.90 Å². The zero-order valence-corrected chi connectivity index (χ0v) is 14.1. The lowest BCUT2D eigenvalue weighted by Gasteiger charge is -2.34. The summed E-state index contributed by atoms with van der Waals surface area (Å²) in [5.74, 6) is 0.0601. The highest BCUT2D eigenvalue weighted by molar-refractivity contribution is 5.93. The van der Waals surface area contributed by atoms with Gasteiger partial charge in [-0.25, -0.2) is 0 Å². The summed E-state index contributed by atoms with van der Waals surface area (Å²) in [5.41, 5.74) is 5.93. The first-order valence-corrected chi connectivity index (χ1v) is 8.23. The van der Waals surface area contributed by atoms with Crippen LogP contribution in [0.4, 0.5) is 5.69 Å². The molecule has 1 heterocycles. The quantitative estimate of drug-likeness (QED) is 0.934. The molecule has 1 aliphatic rings. The van der Waals surface area contributed by atoms with Gasteiger partial charge < -0.3 is 5.32 Å². The Balaban J connectivity index is 1.68. The van der Waals surface area contributed by atoms with E-state index in [0.29, 0.717) is 6.54 Å². The van der Waals surface area contributed by atoms with Gasteiger partial charge in [0.15, 0.2) is 0 Å². The molecule has 1 atom stereocenters. The van der Waals surface area contributed by atoms with Crippen LogP contribution in [0.25, 0.3) is 0 Å². The second-order valence-electron chi connectivity index (χ2n) is 6.46. The summed E-state index contributed by atoms with van der Waals surface area (Å²) in [6.07, 6.45) is 1.01. The summed E-state index contributed by atoms with van der Waals surface area (Å²) >= 11 is 0. The van der Waals surface area contributed by atoms with Crippen LogP contribution in [-0.4, -0.2) is 23.9 Å². The largest absolute Gasteiger partial charge is 0.325 e. The molecule has 1 N–H and O–H groups in total. The van der Waals surface area contributed by atoms with E-state index in [4.69, 9.17) is 0 Å². The number of rotatable bonds is 3. The highest BCUT2D eigenvalue weighted by Gasteiger charge is 2.25. The molecule has 3 nitrogen and oxygen atoms in total. The third-order valence-corrected chi connectivity index (χ3v) is 4.74. The van der Waals surface area contributed by atoms with E-state index in [-0.39, 0.29) is 11.9 Å². The average molecular weight is 308 g/mol. The Morgan fingerprint density at radius 2 is 2.00 bits per heavy atom. The number of anilines is 1. The van der Waals surface area contributed by atoms with Crippen molar-refractivity contribution in [3.63, 3.8) is 0 Å². The van der Waals surface area contributed by atoms with Gasteiger partial charge in [0.1, 0.15) is 0 Å². The first-order valence-electron chi connectivity index (χ1n) is 8.23. The van der Waals surface area contributed by atoms with Crippen LogP contribution in [0.3, 0.4) is 0 Å².